The van der Waals surface area contributed by atoms with Gasteiger partial charge in [-0.05, 0) is 49.6 Å². The number of nitrogens with one attached hydrogen (secondary N) is 1. The van der Waals surface area contributed by atoms with E-state index in [0.29, 0.717) is 18.8 Å². The number of nitrogens with zero attached hydrogens (tertiary/aromatic N) is 1. The summed E-state index contributed by atoms with van der Waals surface area (Å²) in [5.74, 6) is -0.526. The highest BCUT2D eigenvalue weighted by atomic mass is 19.1. The molecule has 2 atom stereocenters. The minimum atomic E-state index is -0.371. The molecule has 5 heteroatoms. The lowest BCUT2D eigenvalue weighted by atomic mass is 10.0. The van der Waals surface area contributed by atoms with Gasteiger partial charge in [-0.15, -0.1) is 0 Å². The lowest BCUT2D eigenvalue weighted by molar-refractivity contribution is -0.118. The molecular formula is C21H21FN2O2. The van der Waals surface area contributed by atoms with Crippen LogP contribution in [0.4, 0.5) is 10.1 Å². The first-order valence-corrected chi connectivity index (χ1v) is 8.90. The van der Waals surface area contributed by atoms with Crippen LogP contribution < -0.4 is 5.32 Å². The largest absolute Gasteiger partial charge is 0.338 e. The zero-order valence-electron chi connectivity index (χ0n) is 14.7. The summed E-state index contributed by atoms with van der Waals surface area (Å²) in [5, 5.41) is 2.80. The number of likely N-dealkylation sites (tertiary alicyclic amines) is 1. The fourth-order valence-corrected chi connectivity index (χ4v) is 4.02. The second-order valence-corrected chi connectivity index (χ2v) is 7.41. The first kappa shape index (κ1) is 16.8. The average Bonchev–Trinajstić information content (AvgIpc) is 3.15. The zero-order chi connectivity index (χ0) is 18.3. The van der Waals surface area contributed by atoms with Crippen molar-refractivity contribution in [3.63, 3.8) is 0 Å². The minimum Gasteiger partial charge on any atom is -0.338 e. The van der Waals surface area contributed by atoms with Crippen molar-refractivity contribution >= 4 is 17.5 Å². The molecule has 1 heterocycles. The Balaban J connectivity index is 1.41. The van der Waals surface area contributed by atoms with Crippen molar-refractivity contribution in [3.05, 3.63) is 65.5 Å². The molecule has 2 amide bonds. The molecule has 26 heavy (non-hydrogen) atoms. The van der Waals surface area contributed by atoms with E-state index >= 15 is 0 Å². The SMILES string of the molecule is Cc1ccccc1C(=O)N1CC[C@@]2(C[C@H]2C(=O)Nc2cccc(F)c2)C1. The van der Waals surface area contributed by atoms with Crippen LogP contribution in [-0.4, -0.2) is 29.8 Å². The Labute approximate surface area is 152 Å². The molecule has 2 fully saturated rings. The number of carbonyl (C=O) groups is 2. The summed E-state index contributed by atoms with van der Waals surface area (Å²) in [6, 6.07) is 13.5. The molecule has 1 saturated heterocycles. The quantitative estimate of drug-likeness (QED) is 0.917. The molecule has 1 spiro atoms. The van der Waals surface area contributed by atoms with Gasteiger partial charge in [-0.25, -0.2) is 4.39 Å². The average molecular weight is 352 g/mol. The number of rotatable bonds is 3. The summed E-state index contributed by atoms with van der Waals surface area (Å²) in [5.41, 5.74) is 2.05. The third-order valence-electron chi connectivity index (χ3n) is 5.65. The van der Waals surface area contributed by atoms with Gasteiger partial charge in [0, 0.05) is 35.7 Å². The molecule has 0 unspecified atom stereocenters. The lowest BCUT2D eigenvalue weighted by Crippen LogP contribution is -2.30. The van der Waals surface area contributed by atoms with Gasteiger partial charge in [0.2, 0.25) is 5.91 Å². The van der Waals surface area contributed by atoms with Crippen molar-refractivity contribution in [1.82, 2.24) is 4.90 Å². The van der Waals surface area contributed by atoms with E-state index in [-0.39, 0.29) is 29.0 Å². The predicted molar refractivity (Wildman–Crippen MR) is 97.3 cm³/mol. The Hall–Kier alpha value is -2.69. The molecule has 1 N–H and O–H groups in total. The Bertz CT molecular complexity index is 882. The summed E-state index contributed by atoms with van der Waals surface area (Å²) < 4.78 is 13.3. The van der Waals surface area contributed by atoms with Crippen molar-refractivity contribution in [2.45, 2.75) is 19.8 Å². The Morgan fingerprint density at radius 2 is 2.00 bits per heavy atom. The number of anilines is 1. The second kappa shape index (κ2) is 6.24. The van der Waals surface area contributed by atoms with Gasteiger partial charge in [-0.3, -0.25) is 9.59 Å². The minimum absolute atomic E-state index is 0.0381. The molecule has 2 aliphatic rings. The highest BCUT2D eigenvalue weighted by Crippen LogP contribution is 2.59. The van der Waals surface area contributed by atoms with E-state index in [4.69, 9.17) is 0 Å². The summed E-state index contributed by atoms with van der Waals surface area (Å²) >= 11 is 0. The summed E-state index contributed by atoms with van der Waals surface area (Å²) in [7, 11) is 0. The van der Waals surface area contributed by atoms with Crippen molar-refractivity contribution in [2.75, 3.05) is 18.4 Å². The summed E-state index contributed by atoms with van der Waals surface area (Å²) in [6.45, 7) is 3.23. The first-order valence-electron chi connectivity index (χ1n) is 8.90. The van der Waals surface area contributed by atoms with Crippen LogP contribution in [0.25, 0.3) is 0 Å². The lowest BCUT2D eigenvalue weighted by Gasteiger charge is -2.18. The standard InChI is InChI=1S/C21H21FN2O2/c1-14-5-2-3-8-17(14)20(26)24-10-9-21(13-24)12-18(21)19(25)23-16-7-4-6-15(22)11-16/h2-8,11,18H,9-10,12-13H2,1H3,(H,23,25)/t18-,21+/m0/s1. The Kier molecular flexibility index (Phi) is 4.02. The monoisotopic (exact) mass is 352 g/mol. The molecule has 2 aromatic rings. The van der Waals surface area contributed by atoms with Gasteiger partial charge < -0.3 is 10.2 Å². The van der Waals surface area contributed by atoms with Crippen molar-refractivity contribution in [3.8, 4) is 0 Å². The highest BCUT2D eigenvalue weighted by Gasteiger charge is 2.61. The number of benzene rings is 2. The van der Waals surface area contributed by atoms with Gasteiger partial charge in [0.05, 0.1) is 0 Å². The van der Waals surface area contributed by atoms with Crippen LogP contribution in [0.3, 0.4) is 0 Å². The normalized spacial score (nSPS) is 23.9. The van der Waals surface area contributed by atoms with Gasteiger partial charge in [0.1, 0.15) is 5.82 Å². The Morgan fingerprint density at radius 1 is 1.19 bits per heavy atom. The van der Waals surface area contributed by atoms with Crippen LogP contribution in [0.2, 0.25) is 0 Å². The van der Waals surface area contributed by atoms with Gasteiger partial charge >= 0.3 is 0 Å². The molecule has 134 valence electrons. The number of halogens is 1. The maximum atomic E-state index is 13.3. The van der Waals surface area contributed by atoms with Crippen LogP contribution in [0.1, 0.15) is 28.8 Å². The second-order valence-electron chi connectivity index (χ2n) is 7.41. The molecule has 1 aliphatic heterocycles. The molecule has 1 aliphatic carbocycles. The van der Waals surface area contributed by atoms with E-state index in [1.165, 1.54) is 12.1 Å². The number of hydrogen-bond acceptors (Lipinski definition) is 2. The van der Waals surface area contributed by atoms with E-state index in [9.17, 15) is 14.0 Å². The van der Waals surface area contributed by atoms with Crippen molar-refractivity contribution < 1.29 is 14.0 Å². The van der Waals surface area contributed by atoms with E-state index in [0.717, 1.165) is 24.0 Å². The maximum absolute atomic E-state index is 13.3. The molecule has 1 saturated carbocycles. The maximum Gasteiger partial charge on any atom is 0.254 e. The van der Waals surface area contributed by atoms with Crippen LogP contribution in [0.5, 0.6) is 0 Å². The third-order valence-corrected chi connectivity index (χ3v) is 5.65. The molecule has 0 radical (unpaired) electrons. The number of hydrogen-bond donors (Lipinski definition) is 1. The topological polar surface area (TPSA) is 49.4 Å². The van der Waals surface area contributed by atoms with Crippen LogP contribution in [0.15, 0.2) is 48.5 Å². The number of carbonyl (C=O) groups excluding carboxylic acids is 2. The van der Waals surface area contributed by atoms with E-state index < -0.39 is 0 Å². The van der Waals surface area contributed by atoms with E-state index in [1.807, 2.05) is 36.1 Å². The van der Waals surface area contributed by atoms with Crippen LogP contribution in [0, 0.1) is 24.1 Å². The third kappa shape index (κ3) is 2.98. The van der Waals surface area contributed by atoms with Gasteiger partial charge in [-0.2, -0.15) is 0 Å². The molecule has 4 nitrogen and oxygen atoms in total. The molecule has 0 bridgehead atoms. The van der Waals surface area contributed by atoms with Crippen molar-refractivity contribution in [2.24, 2.45) is 11.3 Å². The Morgan fingerprint density at radius 3 is 2.77 bits per heavy atom. The zero-order valence-corrected chi connectivity index (χ0v) is 14.7. The molecular weight excluding hydrogens is 331 g/mol. The smallest absolute Gasteiger partial charge is 0.254 e. The number of amides is 2. The fourth-order valence-electron chi connectivity index (χ4n) is 4.02. The predicted octanol–water partition coefficient (Wildman–Crippen LogP) is 3.63. The van der Waals surface area contributed by atoms with Gasteiger partial charge in [-0.1, -0.05) is 24.3 Å². The molecule has 2 aromatic carbocycles. The van der Waals surface area contributed by atoms with E-state index in [1.54, 1.807) is 12.1 Å². The fraction of sp³-hybridized carbons (Fsp3) is 0.333. The molecule has 4 rings (SSSR count). The summed E-state index contributed by atoms with van der Waals surface area (Å²) in [6.07, 6.45) is 1.62. The number of aryl methyl sites for hydroxylation is 1. The van der Waals surface area contributed by atoms with Gasteiger partial charge in [0.25, 0.3) is 5.91 Å². The highest BCUT2D eigenvalue weighted by molar-refractivity contribution is 5.97. The van der Waals surface area contributed by atoms with Gasteiger partial charge in [0.15, 0.2) is 0 Å². The van der Waals surface area contributed by atoms with Crippen LogP contribution in [-0.2, 0) is 4.79 Å². The first-order chi connectivity index (χ1) is 12.5. The van der Waals surface area contributed by atoms with Crippen LogP contribution >= 0.6 is 0 Å². The van der Waals surface area contributed by atoms with Crippen molar-refractivity contribution in [1.29, 1.82) is 0 Å². The molecule has 0 aromatic heterocycles. The van der Waals surface area contributed by atoms with E-state index in [2.05, 4.69) is 5.32 Å². The summed E-state index contributed by atoms with van der Waals surface area (Å²) in [4.78, 5) is 27.1.